The van der Waals surface area contributed by atoms with Crippen LogP contribution in [-0.4, -0.2) is 26.6 Å². The summed E-state index contributed by atoms with van der Waals surface area (Å²) in [5.74, 6) is 0.571. The Hall–Kier alpha value is -3.76. The first-order valence-electron chi connectivity index (χ1n) is 9.73. The number of anilines is 2. The maximum absolute atomic E-state index is 9.50. The molecular formula is C24H21N5OS. The van der Waals surface area contributed by atoms with Gasteiger partial charge in [-0.3, -0.25) is 10.3 Å². The van der Waals surface area contributed by atoms with Crippen LogP contribution in [0.2, 0.25) is 0 Å². The largest absolute Gasteiger partial charge is 0.508 e. The van der Waals surface area contributed by atoms with Gasteiger partial charge >= 0.3 is 0 Å². The fourth-order valence-corrected chi connectivity index (χ4v) is 4.27. The Balaban J connectivity index is 1.69. The minimum atomic E-state index is -0.668. The van der Waals surface area contributed by atoms with Gasteiger partial charge in [-0.15, -0.1) is 0 Å². The molecule has 1 aliphatic heterocycles. The smallest absolute Gasteiger partial charge is 0.187 e. The molecule has 0 radical (unpaired) electrons. The van der Waals surface area contributed by atoms with E-state index >= 15 is 0 Å². The third kappa shape index (κ3) is 3.41. The van der Waals surface area contributed by atoms with Crippen molar-refractivity contribution >= 4 is 34.5 Å². The molecule has 0 spiro atoms. The molecule has 1 fully saturated rings. The van der Waals surface area contributed by atoms with Gasteiger partial charge in [0.25, 0.3) is 0 Å². The molecule has 6 nitrogen and oxygen atoms in total. The van der Waals surface area contributed by atoms with Gasteiger partial charge in [0.15, 0.2) is 5.11 Å². The molecule has 3 aromatic rings. The molecule has 1 saturated heterocycles. The van der Waals surface area contributed by atoms with Crippen molar-refractivity contribution in [3.8, 4) is 22.9 Å². The number of hydrogen-bond donors (Lipinski definition) is 2. The molecule has 0 bridgehead atoms. The van der Waals surface area contributed by atoms with Crippen molar-refractivity contribution in [3.05, 3.63) is 72.1 Å². The highest BCUT2D eigenvalue weighted by atomic mass is 32.1. The second-order valence-electron chi connectivity index (χ2n) is 7.93. The van der Waals surface area contributed by atoms with E-state index in [2.05, 4.69) is 11.1 Å². The molecule has 2 heterocycles. The molecule has 0 atom stereocenters. The predicted molar refractivity (Wildman–Crippen MR) is 127 cm³/mol. The zero-order valence-electron chi connectivity index (χ0n) is 17.4. The average Bonchev–Trinajstić information content (AvgIpc) is 2.92. The second kappa shape index (κ2) is 7.49. The summed E-state index contributed by atoms with van der Waals surface area (Å²) < 4.78 is 0. The van der Waals surface area contributed by atoms with Crippen LogP contribution in [0.5, 0.6) is 5.75 Å². The van der Waals surface area contributed by atoms with Crippen molar-refractivity contribution in [3.63, 3.8) is 0 Å². The second-order valence-corrected chi connectivity index (χ2v) is 8.29. The number of thiocarbonyl (C=S) groups is 1. The number of nitrogens with zero attached hydrogens (tertiary/aromatic N) is 4. The van der Waals surface area contributed by atoms with Gasteiger partial charge in [-0.2, -0.15) is 5.26 Å². The number of amidine groups is 1. The number of nitriles is 1. The van der Waals surface area contributed by atoms with Crippen molar-refractivity contribution in [2.24, 2.45) is 0 Å². The van der Waals surface area contributed by atoms with Gasteiger partial charge in [0, 0.05) is 5.69 Å². The summed E-state index contributed by atoms with van der Waals surface area (Å²) in [6.45, 7) is 5.74. The van der Waals surface area contributed by atoms with E-state index in [0.29, 0.717) is 22.3 Å². The van der Waals surface area contributed by atoms with Crippen LogP contribution in [0.4, 0.5) is 11.4 Å². The average molecular weight is 428 g/mol. The van der Waals surface area contributed by atoms with E-state index in [-0.39, 0.29) is 5.75 Å². The lowest BCUT2D eigenvalue weighted by Gasteiger charge is -2.30. The third-order valence-corrected chi connectivity index (χ3v) is 5.86. The molecule has 7 heteroatoms. The van der Waals surface area contributed by atoms with E-state index in [9.17, 15) is 5.11 Å². The number of aromatic nitrogens is 1. The number of benzene rings is 2. The number of aryl methyl sites for hydroxylation is 1. The molecule has 4 rings (SSSR count). The Labute approximate surface area is 186 Å². The summed E-state index contributed by atoms with van der Waals surface area (Å²) in [5, 5.41) is 27.9. The Kier molecular flexibility index (Phi) is 4.96. The van der Waals surface area contributed by atoms with Crippen molar-refractivity contribution < 1.29 is 5.11 Å². The summed E-state index contributed by atoms with van der Waals surface area (Å²) in [5.41, 5.74) is 4.00. The Bertz CT molecular complexity index is 1230. The van der Waals surface area contributed by atoms with Crippen LogP contribution in [0.15, 0.2) is 60.8 Å². The van der Waals surface area contributed by atoms with E-state index in [1.165, 1.54) is 0 Å². The van der Waals surface area contributed by atoms with Crippen LogP contribution >= 0.6 is 12.2 Å². The SMILES string of the molecule is Cc1cc(N2C(=N)C(C)(C)N(c3ccc(-c4ccc(O)cc4)cc3)C2=S)cnc1C#N. The highest BCUT2D eigenvalue weighted by Crippen LogP contribution is 2.37. The maximum Gasteiger partial charge on any atom is 0.187 e. The lowest BCUT2D eigenvalue weighted by atomic mass is 10.0. The highest BCUT2D eigenvalue weighted by Gasteiger charge is 2.47. The Morgan fingerprint density at radius 1 is 1.03 bits per heavy atom. The monoisotopic (exact) mass is 427 g/mol. The lowest BCUT2D eigenvalue weighted by Crippen LogP contribution is -2.44. The van der Waals surface area contributed by atoms with Crippen LogP contribution in [0.1, 0.15) is 25.1 Å². The van der Waals surface area contributed by atoms with Crippen LogP contribution in [0.25, 0.3) is 11.1 Å². The summed E-state index contributed by atoms with van der Waals surface area (Å²) in [7, 11) is 0. The molecule has 2 aromatic carbocycles. The van der Waals surface area contributed by atoms with Gasteiger partial charge in [0.2, 0.25) is 0 Å². The molecule has 0 amide bonds. The maximum atomic E-state index is 9.50. The molecule has 1 aliphatic rings. The van der Waals surface area contributed by atoms with Gasteiger partial charge in [0.1, 0.15) is 23.3 Å². The van der Waals surface area contributed by atoms with E-state index in [4.69, 9.17) is 22.9 Å². The molecule has 0 saturated carbocycles. The molecular weight excluding hydrogens is 406 g/mol. The third-order valence-electron chi connectivity index (χ3n) is 5.50. The van der Waals surface area contributed by atoms with Crippen LogP contribution in [0, 0.1) is 23.7 Å². The summed E-state index contributed by atoms with van der Waals surface area (Å²) in [4.78, 5) is 7.87. The van der Waals surface area contributed by atoms with E-state index in [1.807, 2.05) is 68.1 Å². The standard InChI is InChI=1S/C24H21N5OS/c1-15-12-19(14-27-21(15)13-25)28-22(26)24(2,3)29(23(28)31)18-8-4-16(5-9-18)17-6-10-20(30)11-7-17/h4-12,14,26,30H,1-3H3. The Morgan fingerprint density at radius 2 is 1.61 bits per heavy atom. The summed E-state index contributed by atoms with van der Waals surface area (Å²) >= 11 is 5.79. The van der Waals surface area contributed by atoms with E-state index in [0.717, 1.165) is 22.4 Å². The number of pyridine rings is 1. The fourth-order valence-electron chi connectivity index (χ4n) is 3.74. The van der Waals surface area contributed by atoms with Crippen molar-refractivity contribution in [2.45, 2.75) is 26.3 Å². The zero-order valence-corrected chi connectivity index (χ0v) is 18.2. The minimum absolute atomic E-state index is 0.232. The Morgan fingerprint density at radius 3 is 2.16 bits per heavy atom. The molecule has 31 heavy (non-hydrogen) atoms. The van der Waals surface area contributed by atoms with Gasteiger partial charge in [-0.25, -0.2) is 4.98 Å². The number of phenolic OH excluding ortho intramolecular Hbond substituents is 1. The van der Waals surface area contributed by atoms with Crippen LogP contribution < -0.4 is 9.80 Å². The number of rotatable bonds is 3. The topological polar surface area (TPSA) is 87.2 Å². The summed E-state index contributed by atoms with van der Waals surface area (Å²) in [6.07, 6.45) is 1.58. The first-order chi connectivity index (χ1) is 14.7. The van der Waals surface area contributed by atoms with Gasteiger partial charge in [-0.1, -0.05) is 24.3 Å². The van der Waals surface area contributed by atoms with Crippen molar-refractivity contribution in [1.29, 1.82) is 10.7 Å². The number of phenols is 1. The quantitative estimate of drug-likeness (QED) is 0.572. The van der Waals surface area contributed by atoms with Crippen LogP contribution in [-0.2, 0) is 0 Å². The fraction of sp³-hybridized carbons (Fsp3) is 0.167. The van der Waals surface area contributed by atoms with Gasteiger partial charge in [0.05, 0.1) is 17.4 Å². The number of nitrogens with one attached hydrogen (secondary N) is 1. The lowest BCUT2D eigenvalue weighted by molar-refractivity contribution is 0.475. The normalized spacial score (nSPS) is 15.3. The van der Waals surface area contributed by atoms with Crippen molar-refractivity contribution in [1.82, 2.24) is 4.98 Å². The molecule has 0 aliphatic carbocycles. The van der Waals surface area contributed by atoms with E-state index < -0.39 is 5.54 Å². The molecule has 2 N–H and O–H groups in total. The molecule has 1 aromatic heterocycles. The number of hydrogen-bond acceptors (Lipinski definition) is 5. The highest BCUT2D eigenvalue weighted by molar-refractivity contribution is 7.81. The van der Waals surface area contributed by atoms with Crippen molar-refractivity contribution in [2.75, 3.05) is 9.80 Å². The van der Waals surface area contributed by atoms with E-state index in [1.54, 1.807) is 23.2 Å². The molecule has 0 unspecified atom stereocenters. The summed E-state index contributed by atoms with van der Waals surface area (Å²) in [6, 6.07) is 18.9. The first kappa shape index (κ1) is 20.5. The van der Waals surface area contributed by atoms with Gasteiger partial charge < -0.3 is 10.0 Å². The first-order valence-corrected chi connectivity index (χ1v) is 10.1. The van der Waals surface area contributed by atoms with Crippen LogP contribution in [0.3, 0.4) is 0 Å². The zero-order chi connectivity index (χ0) is 22.3. The number of aromatic hydroxyl groups is 1. The molecule has 154 valence electrons. The van der Waals surface area contributed by atoms with Gasteiger partial charge in [-0.05, 0) is 80.0 Å². The predicted octanol–water partition coefficient (Wildman–Crippen LogP) is 5.00. The minimum Gasteiger partial charge on any atom is -0.508 e.